The van der Waals surface area contributed by atoms with E-state index in [1.807, 2.05) is 6.07 Å². The number of nitrogens with two attached hydrogens (primary N) is 1. The van der Waals surface area contributed by atoms with Gasteiger partial charge in [-0.3, -0.25) is 9.59 Å². The van der Waals surface area contributed by atoms with Crippen molar-refractivity contribution in [1.29, 1.82) is 0 Å². The Morgan fingerprint density at radius 2 is 2.09 bits per heavy atom. The highest BCUT2D eigenvalue weighted by Crippen LogP contribution is 2.42. The molecule has 2 aromatic heterocycles. The summed E-state index contributed by atoms with van der Waals surface area (Å²) in [5, 5.41) is 16.4. The summed E-state index contributed by atoms with van der Waals surface area (Å²) in [6.45, 7) is 6.62. The number of halogens is 1. The van der Waals surface area contributed by atoms with Crippen molar-refractivity contribution in [3.05, 3.63) is 34.6 Å². The van der Waals surface area contributed by atoms with E-state index < -0.39 is 6.23 Å². The maximum absolute atomic E-state index is 12.9. The zero-order valence-corrected chi connectivity index (χ0v) is 20.1. The highest BCUT2D eigenvalue weighted by molar-refractivity contribution is 6.33. The van der Waals surface area contributed by atoms with Crippen LogP contribution in [0.25, 0.3) is 11.3 Å². The Balaban J connectivity index is 1.58. The van der Waals surface area contributed by atoms with Gasteiger partial charge in [-0.2, -0.15) is 0 Å². The second kappa shape index (κ2) is 9.08. The molecule has 2 aliphatic rings. The molecule has 5 N–H and O–H groups in total. The summed E-state index contributed by atoms with van der Waals surface area (Å²) < 4.78 is 2.15. The van der Waals surface area contributed by atoms with Gasteiger partial charge in [0, 0.05) is 48.4 Å². The molecule has 0 spiro atoms. The largest absolute Gasteiger partial charge is 0.374 e. The van der Waals surface area contributed by atoms with E-state index in [-0.39, 0.29) is 29.2 Å². The highest BCUT2D eigenvalue weighted by atomic mass is 35.5. The number of aliphatic hydroxyl groups is 1. The molecule has 0 bridgehead atoms. The SMILES string of the molecule is CC(=O)N[C@@H]1CCC[C@H](C(=O)Nc2cc(-c3cc(C(N)O)c4n3CC(C)(C)C4)c(Cl)cn2)C1. The fraction of sp³-hybridized carbons (Fsp3) is 0.542. The summed E-state index contributed by atoms with van der Waals surface area (Å²) in [7, 11) is 0. The van der Waals surface area contributed by atoms with Crippen LogP contribution in [-0.4, -0.2) is 32.5 Å². The molecule has 2 amide bonds. The fourth-order valence-corrected chi connectivity index (χ4v) is 5.38. The standard InChI is InChI=1S/C24H32ClN5O3/c1-13(31)28-15-6-4-5-14(7-15)23(33)29-21-9-16(18(25)11-27-21)19-8-17(22(26)32)20-10-24(2,3)12-30(19)20/h8-9,11,14-15,22,32H,4-7,10,12,26H2,1-3H3,(H,28,31)(H,27,29,33)/t14-,15+,22?/m0/s1. The van der Waals surface area contributed by atoms with Gasteiger partial charge in [-0.05, 0) is 43.2 Å². The summed E-state index contributed by atoms with van der Waals surface area (Å²) in [4.78, 5) is 28.6. The van der Waals surface area contributed by atoms with Crippen molar-refractivity contribution in [2.75, 3.05) is 5.32 Å². The van der Waals surface area contributed by atoms with Gasteiger partial charge in [0.25, 0.3) is 0 Å². The number of rotatable bonds is 5. The van der Waals surface area contributed by atoms with Crippen LogP contribution in [-0.2, 0) is 22.6 Å². The summed E-state index contributed by atoms with van der Waals surface area (Å²) >= 11 is 6.52. The minimum Gasteiger partial charge on any atom is -0.374 e. The lowest BCUT2D eigenvalue weighted by atomic mass is 9.85. The average molecular weight is 474 g/mol. The molecule has 8 nitrogen and oxygen atoms in total. The van der Waals surface area contributed by atoms with Crippen molar-refractivity contribution in [1.82, 2.24) is 14.9 Å². The first-order valence-electron chi connectivity index (χ1n) is 11.4. The van der Waals surface area contributed by atoms with Crippen molar-refractivity contribution in [3.8, 4) is 11.3 Å². The van der Waals surface area contributed by atoms with E-state index in [0.29, 0.717) is 22.8 Å². The number of amides is 2. The average Bonchev–Trinajstić information content (AvgIpc) is 3.22. The van der Waals surface area contributed by atoms with Gasteiger partial charge in [-0.25, -0.2) is 4.98 Å². The van der Waals surface area contributed by atoms with Gasteiger partial charge in [0.15, 0.2) is 0 Å². The second-order valence-corrected chi connectivity index (χ2v) is 10.5. The third-order valence-corrected chi connectivity index (χ3v) is 6.93. The van der Waals surface area contributed by atoms with Crippen LogP contribution in [0.2, 0.25) is 5.02 Å². The Hall–Kier alpha value is -2.42. The van der Waals surface area contributed by atoms with Crippen LogP contribution >= 0.6 is 11.6 Å². The Morgan fingerprint density at radius 3 is 2.79 bits per heavy atom. The number of carbonyl (C=O) groups excluding carboxylic acids is 2. The third-order valence-electron chi connectivity index (χ3n) is 6.63. The van der Waals surface area contributed by atoms with Crippen molar-refractivity contribution in [2.24, 2.45) is 17.1 Å². The third kappa shape index (κ3) is 5.08. The van der Waals surface area contributed by atoms with E-state index in [1.54, 1.807) is 6.07 Å². The number of aliphatic hydroxyl groups excluding tert-OH is 1. The first-order chi connectivity index (χ1) is 15.5. The number of nitrogens with zero attached hydrogens (tertiary/aromatic N) is 2. The van der Waals surface area contributed by atoms with Gasteiger partial charge in [-0.15, -0.1) is 0 Å². The molecule has 178 valence electrons. The normalized spacial score (nSPS) is 22.5. The number of aromatic nitrogens is 2. The van der Waals surface area contributed by atoms with E-state index in [2.05, 4.69) is 34.0 Å². The topological polar surface area (TPSA) is 122 Å². The summed E-state index contributed by atoms with van der Waals surface area (Å²) in [6, 6.07) is 3.67. The first kappa shape index (κ1) is 23.7. The number of fused-ring (bicyclic) bond motifs is 1. The van der Waals surface area contributed by atoms with E-state index in [4.69, 9.17) is 17.3 Å². The van der Waals surface area contributed by atoms with Crippen molar-refractivity contribution in [2.45, 2.75) is 71.7 Å². The molecule has 1 aliphatic heterocycles. The minimum absolute atomic E-state index is 0.0218. The predicted octanol–water partition coefficient (Wildman–Crippen LogP) is 3.37. The molecule has 1 unspecified atom stereocenters. The zero-order chi connectivity index (χ0) is 23.9. The van der Waals surface area contributed by atoms with Gasteiger partial charge in [0.1, 0.15) is 12.0 Å². The zero-order valence-electron chi connectivity index (χ0n) is 19.3. The lowest BCUT2D eigenvalue weighted by Crippen LogP contribution is -2.40. The lowest BCUT2D eigenvalue weighted by molar-refractivity contribution is -0.123. The fourth-order valence-electron chi connectivity index (χ4n) is 5.18. The Bertz CT molecular complexity index is 1080. The highest BCUT2D eigenvalue weighted by Gasteiger charge is 2.34. The molecule has 3 heterocycles. The summed E-state index contributed by atoms with van der Waals surface area (Å²) in [6.07, 6.45) is 4.44. The minimum atomic E-state index is -1.07. The number of hydrogen-bond acceptors (Lipinski definition) is 5. The first-order valence-corrected chi connectivity index (χ1v) is 11.8. The Labute approximate surface area is 198 Å². The molecule has 3 atom stereocenters. The molecule has 0 saturated heterocycles. The van der Waals surface area contributed by atoms with Gasteiger partial charge in [-0.1, -0.05) is 31.9 Å². The maximum Gasteiger partial charge on any atom is 0.228 e. The van der Waals surface area contributed by atoms with Crippen LogP contribution in [0.3, 0.4) is 0 Å². The van der Waals surface area contributed by atoms with Gasteiger partial charge in [0.05, 0.1) is 10.7 Å². The van der Waals surface area contributed by atoms with Crippen LogP contribution in [0, 0.1) is 11.3 Å². The molecule has 0 radical (unpaired) electrons. The maximum atomic E-state index is 12.9. The molecule has 1 fully saturated rings. The molecule has 2 aromatic rings. The molecule has 1 saturated carbocycles. The molecule has 9 heteroatoms. The van der Waals surface area contributed by atoms with Gasteiger partial charge in [0.2, 0.25) is 11.8 Å². The van der Waals surface area contributed by atoms with Crippen LogP contribution in [0.4, 0.5) is 5.82 Å². The van der Waals surface area contributed by atoms with E-state index >= 15 is 0 Å². The van der Waals surface area contributed by atoms with Crippen molar-refractivity contribution >= 4 is 29.2 Å². The number of nitrogens with one attached hydrogen (secondary N) is 2. The van der Waals surface area contributed by atoms with Gasteiger partial charge < -0.3 is 26.0 Å². The molecule has 33 heavy (non-hydrogen) atoms. The Morgan fingerprint density at radius 1 is 1.33 bits per heavy atom. The lowest BCUT2D eigenvalue weighted by Gasteiger charge is -2.28. The number of pyridine rings is 1. The predicted molar refractivity (Wildman–Crippen MR) is 127 cm³/mol. The molecular weight excluding hydrogens is 442 g/mol. The summed E-state index contributed by atoms with van der Waals surface area (Å²) in [5.41, 5.74) is 9.16. The molecule has 1 aliphatic carbocycles. The van der Waals surface area contributed by atoms with E-state index in [0.717, 1.165) is 49.2 Å². The number of anilines is 1. The number of carbonyl (C=O) groups is 2. The molecule has 0 aromatic carbocycles. The van der Waals surface area contributed by atoms with Crippen molar-refractivity contribution < 1.29 is 14.7 Å². The molecule has 4 rings (SSSR count). The quantitative estimate of drug-likeness (QED) is 0.496. The summed E-state index contributed by atoms with van der Waals surface area (Å²) in [5.74, 6) is 0.0536. The van der Waals surface area contributed by atoms with Gasteiger partial charge >= 0.3 is 0 Å². The van der Waals surface area contributed by atoms with Crippen LogP contribution in [0.1, 0.15) is 63.9 Å². The van der Waals surface area contributed by atoms with Crippen molar-refractivity contribution in [3.63, 3.8) is 0 Å². The molecular formula is C24H32ClN5O3. The van der Waals surface area contributed by atoms with Crippen LogP contribution in [0.15, 0.2) is 18.3 Å². The monoisotopic (exact) mass is 473 g/mol. The van der Waals surface area contributed by atoms with Crippen LogP contribution < -0.4 is 16.4 Å². The van der Waals surface area contributed by atoms with Crippen LogP contribution in [0.5, 0.6) is 0 Å². The van der Waals surface area contributed by atoms with E-state index in [1.165, 1.54) is 13.1 Å². The number of hydrogen-bond donors (Lipinski definition) is 4. The van der Waals surface area contributed by atoms with E-state index in [9.17, 15) is 14.7 Å². The smallest absolute Gasteiger partial charge is 0.228 e. The Kier molecular flexibility index (Phi) is 6.53. The second-order valence-electron chi connectivity index (χ2n) is 10.1.